The third-order valence-electron chi connectivity index (χ3n) is 2.77. The third-order valence-corrected chi connectivity index (χ3v) is 3.00. The predicted molar refractivity (Wildman–Crippen MR) is 71.9 cm³/mol. The van der Waals surface area contributed by atoms with Gasteiger partial charge in [-0.25, -0.2) is 4.79 Å². The number of furan rings is 1. The fourth-order valence-corrected chi connectivity index (χ4v) is 2.13. The number of ether oxygens (including phenoxy) is 1. The zero-order valence-electron chi connectivity index (χ0n) is 9.72. The van der Waals surface area contributed by atoms with Gasteiger partial charge in [0.1, 0.15) is 16.9 Å². The van der Waals surface area contributed by atoms with Gasteiger partial charge in [0.25, 0.3) is 0 Å². The fourth-order valence-electron chi connectivity index (χ4n) is 1.97. The number of benzene rings is 2. The Morgan fingerprint density at radius 1 is 1.16 bits per heavy atom. The van der Waals surface area contributed by atoms with Crippen molar-refractivity contribution in [2.24, 2.45) is 0 Å². The van der Waals surface area contributed by atoms with Gasteiger partial charge >= 0.3 is 5.97 Å². The Labute approximate surface area is 113 Å². The van der Waals surface area contributed by atoms with Crippen LogP contribution in [0, 0.1) is 0 Å². The van der Waals surface area contributed by atoms with E-state index in [4.69, 9.17) is 25.9 Å². The Balaban J connectivity index is 2.08. The molecule has 0 aliphatic carbocycles. The lowest BCUT2D eigenvalue weighted by molar-refractivity contribution is -0.139. The zero-order chi connectivity index (χ0) is 13.4. The molecule has 19 heavy (non-hydrogen) atoms. The van der Waals surface area contributed by atoms with Crippen molar-refractivity contribution >= 4 is 39.5 Å². The summed E-state index contributed by atoms with van der Waals surface area (Å²) < 4.78 is 10.8. The van der Waals surface area contributed by atoms with E-state index < -0.39 is 5.97 Å². The van der Waals surface area contributed by atoms with Gasteiger partial charge in [-0.3, -0.25) is 0 Å². The van der Waals surface area contributed by atoms with Gasteiger partial charge in [0.05, 0.1) is 0 Å². The molecule has 2 aromatic carbocycles. The Morgan fingerprint density at radius 3 is 2.58 bits per heavy atom. The van der Waals surface area contributed by atoms with E-state index in [0.717, 1.165) is 10.8 Å². The Hall–Kier alpha value is -2.20. The molecule has 1 aromatic heterocycles. The lowest BCUT2D eigenvalue weighted by atomic mass is 10.1. The summed E-state index contributed by atoms with van der Waals surface area (Å²) in [6.07, 6.45) is 0. The minimum atomic E-state index is -1.02. The van der Waals surface area contributed by atoms with Crippen molar-refractivity contribution < 1.29 is 19.1 Å². The predicted octanol–water partition coefficient (Wildman–Crippen LogP) is 3.70. The van der Waals surface area contributed by atoms with Crippen LogP contribution in [0.5, 0.6) is 5.75 Å². The summed E-state index contributed by atoms with van der Waals surface area (Å²) in [5.41, 5.74) is 1.33. The second-order valence-corrected chi connectivity index (χ2v) is 4.52. The number of fused-ring (bicyclic) bond motifs is 3. The van der Waals surface area contributed by atoms with Crippen LogP contribution in [-0.2, 0) is 4.79 Å². The van der Waals surface area contributed by atoms with Gasteiger partial charge in [0.2, 0.25) is 0 Å². The van der Waals surface area contributed by atoms with Crippen molar-refractivity contribution in [1.29, 1.82) is 0 Å². The van der Waals surface area contributed by atoms with E-state index in [2.05, 4.69) is 0 Å². The first-order valence-corrected chi connectivity index (χ1v) is 5.98. The molecular weight excluding hydrogens is 268 g/mol. The Morgan fingerprint density at radius 2 is 1.84 bits per heavy atom. The average molecular weight is 277 g/mol. The summed E-state index contributed by atoms with van der Waals surface area (Å²) in [5, 5.41) is 11.1. The van der Waals surface area contributed by atoms with E-state index in [-0.39, 0.29) is 6.61 Å². The minimum Gasteiger partial charge on any atom is -0.482 e. The van der Waals surface area contributed by atoms with Crippen LogP contribution in [0.4, 0.5) is 0 Å². The molecule has 4 nitrogen and oxygen atoms in total. The summed E-state index contributed by atoms with van der Waals surface area (Å²) in [5.74, 6) is -0.559. The van der Waals surface area contributed by atoms with Crippen molar-refractivity contribution in [2.75, 3.05) is 6.61 Å². The summed E-state index contributed by atoms with van der Waals surface area (Å²) in [6, 6.07) is 10.7. The standard InChI is InChI=1S/C14H9ClO4/c15-8-1-3-10-11-4-2-9(18-7-14(16)17)6-13(11)19-12(10)5-8/h1-6H,7H2,(H,16,17). The molecule has 0 aliphatic rings. The summed E-state index contributed by atoms with van der Waals surface area (Å²) in [4.78, 5) is 10.5. The van der Waals surface area contributed by atoms with Crippen molar-refractivity contribution in [3.05, 3.63) is 41.4 Å². The molecular formula is C14H9ClO4. The van der Waals surface area contributed by atoms with E-state index in [1.54, 1.807) is 24.3 Å². The largest absolute Gasteiger partial charge is 0.482 e. The number of carbonyl (C=O) groups is 1. The normalized spacial score (nSPS) is 11.0. The van der Waals surface area contributed by atoms with Crippen molar-refractivity contribution in [3.8, 4) is 5.75 Å². The first-order valence-electron chi connectivity index (χ1n) is 5.60. The van der Waals surface area contributed by atoms with Gasteiger partial charge in [0, 0.05) is 27.9 Å². The Kier molecular flexibility index (Phi) is 2.80. The van der Waals surface area contributed by atoms with Crippen LogP contribution in [-0.4, -0.2) is 17.7 Å². The highest BCUT2D eigenvalue weighted by molar-refractivity contribution is 6.31. The number of carboxylic acids is 1. The molecule has 0 bridgehead atoms. The molecule has 1 N–H and O–H groups in total. The van der Waals surface area contributed by atoms with Crippen LogP contribution in [0.1, 0.15) is 0 Å². The maximum atomic E-state index is 10.5. The molecule has 96 valence electrons. The summed E-state index contributed by atoms with van der Waals surface area (Å²) in [6.45, 7) is -0.377. The third kappa shape index (κ3) is 2.22. The van der Waals surface area contributed by atoms with Gasteiger partial charge < -0.3 is 14.3 Å². The van der Waals surface area contributed by atoms with Gasteiger partial charge in [-0.2, -0.15) is 0 Å². The molecule has 0 saturated heterocycles. The van der Waals surface area contributed by atoms with Crippen LogP contribution in [0.25, 0.3) is 21.9 Å². The summed E-state index contributed by atoms with van der Waals surface area (Å²) >= 11 is 5.91. The van der Waals surface area contributed by atoms with Crippen molar-refractivity contribution in [3.63, 3.8) is 0 Å². The SMILES string of the molecule is O=C(O)COc1ccc2c(c1)oc1cc(Cl)ccc12. The van der Waals surface area contributed by atoms with E-state index in [0.29, 0.717) is 21.9 Å². The van der Waals surface area contributed by atoms with E-state index in [1.807, 2.05) is 12.1 Å². The first kappa shape index (κ1) is 11.9. The fraction of sp³-hybridized carbons (Fsp3) is 0.0714. The number of halogens is 1. The van der Waals surface area contributed by atoms with Gasteiger partial charge in [0.15, 0.2) is 6.61 Å². The van der Waals surface area contributed by atoms with Crippen molar-refractivity contribution in [2.45, 2.75) is 0 Å². The number of aliphatic carboxylic acids is 1. The van der Waals surface area contributed by atoms with Gasteiger partial charge in [-0.05, 0) is 24.3 Å². The van der Waals surface area contributed by atoms with Gasteiger partial charge in [-0.1, -0.05) is 11.6 Å². The maximum absolute atomic E-state index is 10.5. The molecule has 0 unspecified atom stereocenters. The van der Waals surface area contributed by atoms with Crippen LogP contribution in [0.2, 0.25) is 5.02 Å². The number of rotatable bonds is 3. The zero-order valence-corrected chi connectivity index (χ0v) is 10.5. The molecule has 0 fully saturated rings. The van der Waals surface area contributed by atoms with Crippen LogP contribution < -0.4 is 4.74 Å². The highest BCUT2D eigenvalue weighted by Gasteiger charge is 2.09. The Bertz CT molecular complexity index is 776. The van der Waals surface area contributed by atoms with E-state index in [9.17, 15) is 4.79 Å². The highest BCUT2D eigenvalue weighted by atomic mass is 35.5. The molecule has 0 spiro atoms. The highest BCUT2D eigenvalue weighted by Crippen LogP contribution is 2.32. The van der Waals surface area contributed by atoms with Crippen molar-refractivity contribution in [1.82, 2.24) is 0 Å². The molecule has 1 heterocycles. The molecule has 3 aromatic rings. The summed E-state index contributed by atoms with van der Waals surface area (Å²) in [7, 11) is 0. The number of carboxylic acid groups (broad SMARTS) is 1. The quantitative estimate of drug-likeness (QED) is 0.792. The molecule has 0 amide bonds. The molecule has 5 heteroatoms. The maximum Gasteiger partial charge on any atom is 0.341 e. The van der Waals surface area contributed by atoms with E-state index >= 15 is 0 Å². The minimum absolute atomic E-state index is 0.377. The lowest BCUT2D eigenvalue weighted by Crippen LogP contribution is -2.09. The first-order chi connectivity index (χ1) is 9.13. The second kappa shape index (κ2) is 4.48. The molecule has 0 atom stereocenters. The smallest absolute Gasteiger partial charge is 0.341 e. The average Bonchev–Trinajstić information content (AvgIpc) is 2.72. The topological polar surface area (TPSA) is 59.7 Å². The lowest BCUT2D eigenvalue weighted by Gasteiger charge is -2.01. The molecule has 0 aliphatic heterocycles. The van der Waals surface area contributed by atoms with Crippen LogP contribution in [0.3, 0.4) is 0 Å². The number of hydrogen-bond donors (Lipinski definition) is 1. The molecule has 0 saturated carbocycles. The van der Waals surface area contributed by atoms with Crippen LogP contribution in [0.15, 0.2) is 40.8 Å². The number of hydrogen-bond acceptors (Lipinski definition) is 3. The molecule has 0 radical (unpaired) electrons. The monoisotopic (exact) mass is 276 g/mol. The van der Waals surface area contributed by atoms with Gasteiger partial charge in [-0.15, -0.1) is 0 Å². The van der Waals surface area contributed by atoms with E-state index in [1.165, 1.54) is 0 Å². The van der Waals surface area contributed by atoms with Crippen LogP contribution >= 0.6 is 11.6 Å². The second-order valence-electron chi connectivity index (χ2n) is 4.08. The molecule has 3 rings (SSSR count).